The van der Waals surface area contributed by atoms with Gasteiger partial charge >= 0.3 is 0 Å². The van der Waals surface area contributed by atoms with E-state index in [2.05, 4.69) is 11.6 Å². The smallest absolute Gasteiger partial charge is 0.177 e. The molecule has 1 fully saturated rings. The lowest BCUT2D eigenvalue weighted by atomic mass is 9.84. The van der Waals surface area contributed by atoms with Crippen molar-refractivity contribution in [1.29, 1.82) is 0 Å². The molecule has 1 aliphatic rings. The second-order valence-electron chi connectivity index (χ2n) is 5.63. The number of ketones is 1. The maximum Gasteiger partial charge on any atom is 0.177 e. The number of benzene rings is 1. The van der Waals surface area contributed by atoms with Crippen molar-refractivity contribution in [3.63, 3.8) is 0 Å². The number of hydrogen-bond acceptors (Lipinski definition) is 5. The molecule has 0 radical (unpaired) electrons. The van der Waals surface area contributed by atoms with Gasteiger partial charge in [0, 0.05) is 23.1 Å². The van der Waals surface area contributed by atoms with E-state index in [1.54, 1.807) is 12.1 Å². The standard InChI is InChI=1S/C15H21NO3S2/c1-11(17)12-5-6-14(21(3,18)19)13(9-12)16-10-15(20-2)7-4-8-15/h5-6,9,16H,4,7-8,10H2,1-3H3. The van der Waals surface area contributed by atoms with Crippen LogP contribution in [-0.4, -0.2) is 38.0 Å². The maximum absolute atomic E-state index is 11.9. The molecule has 0 atom stereocenters. The Morgan fingerprint density at radius 2 is 2.05 bits per heavy atom. The van der Waals surface area contributed by atoms with Crippen LogP contribution in [0, 0.1) is 0 Å². The van der Waals surface area contributed by atoms with Crippen molar-refractivity contribution in [1.82, 2.24) is 0 Å². The van der Waals surface area contributed by atoms with E-state index in [0.29, 0.717) is 11.3 Å². The van der Waals surface area contributed by atoms with Gasteiger partial charge in [0.15, 0.2) is 15.6 Å². The van der Waals surface area contributed by atoms with Crippen LogP contribution in [-0.2, 0) is 9.84 Å². The zero-order valence-electron chi connectivity index (χ0n) is 12.6. The Balaban J connectivity index is 2.30. The molecule has 0 unspecified atom stereocenters. The van der Waals surface area contributed by atoms with E-state index in [9.17, 15) is 13.2 Å². The number of thioether (sulfide) groups is 1. The van der Waals surface area contributed by atoms with Crippen molar-refractivity contribution < 1.29 is 13.2 Å². The van der Waals surface area contributed by atoms with Gasteiger partial charge in [0.25, 0.3) is 0 Å². The summed E-state index contributed by atoms with van der Waals surface area (Å²) in [4.78, 5) is 11.8. The van der Waals surface area contributed by atoms with E-state index in [1.165, 1.54) is 25.7 Å². The molecule has 1 aliphatic carbocycles. The average Bonchev–Trinajstić information content (AvgIpc) is 2.36. The van der Waals surface area contributed by atoms with Crippen molar-refractivity contribution in [3.05, 3.63) is 23.8 Å². The van der Waals surface area contributed by atoms with Gasteiger partial charge < -0.3 is 5.32 Å². The van der Waals surface area contributed by atoms with Crippen LogP contribution in [0.15, 0.2) is 23.1 Å². The van der Waals surface area contributed by atoms with Crippen LogP contribution in [0.3, 0.4) is 0 Å². The van der Waals surface area contributed by atoms with Gasteiger partial charge in [0.2, 0.25) is 0 Å². The van der Waals surface area contributed by atoms with E-state index in [4.69, 9.17) is 0 Å². The van der Waals surface area contributed by atoms with Crippen LogP contribution >= 0.6 is 11.8 Å². The number of Topliss-reactive ketones (excluding diaryl/α,β-unsaturated/α-hetero) is 1. The number of hydrogen-bond donors (Lipinski definition) is 1. The summed E-state index contributed by atoms with van der Waals surface area (Å²) in [6, 6.07) is 4.73. The molecule has 0 bridgehead atoms. The van der Waals surface area contributed by atoms with Crippen LogP contribution < -0.4 is 5.32 Å². The normalized spacial score (nSPS) is 17.1. The molecular weight excluding hydrogens is 306 g/mol. The summed E-state index contributed by atoms with van der Waals surface area (Å²) in [5.74, 6) is -0.0682. The predicted octanol–water partition coefficient (Wildman–Crippen LogP) is 2.99. The lowest BCUT2D eigenvalue weighted by molar-refractivity contribution is 0.101. The lowest BCUT2D eigenvalue weighted by Crippen LogP contribution is -2.40. The minimum atomic E-state index is -3.32. The molecule has 1 saturated carbocycles. The molecule has 1 aromatic carbocycles. The van der Waals surface area contributed by atoms with Gasteiger partial charge in [0.05, 0.1) is 10.6 Å². The number of nitrogens with one attached hydrogen (secondary N) is 1. The number of anilines is 1. The second-order valence-corrected chi connectivity index (χ2v) is 8.89. The van der Waals surface area contributed by atoms with Crippen LogP contribution in [0.1, 0.15) is 36.5 Å². The monoisotopic (exact) mass is 327 g/mol. The summed E-state index contributed by atoms with van der Waals surface area (Å²) < 4.78 is 24.0. The van der Waals surface area contributed by atoms with Gasteiger partial charge in [-0.05, 0) is 44.2 Å². The average molecular weight is 327 g/mol. The fourth-order valence-corrected chi connectivity index (χ4v) is 4.25. The maximum atomic E-state index is 11.9. The second kappa shape index (κ2) is 6.01. The molecule has 116 valence electrons. The van der Waals surface area contributed by atoms with Crippen LogP contribution in [0.5, 0.6) is 0 Å². The summed E-state index contributed by atoms with van der Waals surface area (Å²) in [5.41, 5.74) is 1.06. The molecule has 1 N–H and O–H groups in total. The fourth-order valence-electron chi connectivity index (χ4n) is 2.49. The molecule has 0 spiro atoms. The van der Waals surface area contributed by atoms with Crippen LogP contribution in [0.2, 0.25) is 0 Å². The summed E-state index contributed by atoms with van der Waals surface area (Å²) in [6.07, 6.45) is 6.78. The highest BCUT2D eigenvalue weighted by molar-refractivity contribution is 8.00. The largest absolute Gasteiger partial charge is 0.383 e. The van der Waals surface area contributed by atoms with Crippen LogP contribution in [0.25, 0.3) is 0 Å². The van der Waals surface area contributed by atoms with E-state index >= 15 is 0 Å². The van der Waals surface area contributed by atoms with E-state index in [0.717, 1.165) is 19.4 Å². The first kappa shape index (κ1) is 16.4. The Hall–Kier alpha value is -1.01. The highest BCUT2D eigenvalue weighted by Gasteiger charge is 2.36. The van der Waals surface area contributed by atoms with Gasteiger partial charge in [-0.2, -0.15) is 11.8 Å². The molecule has 21 heavy (non-hydrogen) atoms. The lowest BCUT2D eigenvalue weighted by Gasteiger charge is -2.40. The zero-order chi connectivity index (χ0) is 15.7. The number of carbonyl (C=O) groups excluding carboxylic acids is 1. The third-order valence-corrected chi connectivity index (χ3v) is 6.66. The quantitative estimate of drug-likeness (QED) is 0.814. The van der Waals surface area contributed by atoms with E-state index in [-0.39, 0.29) is 15.4 Å². The van der Waals surface area contributed by atoms with E-state index in [1.807, 2.05) is 11.8 Å². The van der Waals surface area contributed by atoms with Gasteiger partial charge in [-0.25, -0.2) is 8.42 Å². The molecule has 4 nitrogen and oxygen atoms in total. The van der Waals surface area contributed by atoms with Gasteiger partial charge in [-0.15, -0.1) is 0 Å². The Morgan fingerprint density at radius 3 is 2.48 bits per heavy atom. The SMILES string of the molecule is CSC1(CNc2cc(C(C)=O)ccc2S(C)(=O)=O)CCC1. The minimum absolute atomic E-state index is 0.0682. The first-order valence-electron chi connectivity index (χ1n) is 6.91. The molecule has 6 heteroatoms. The number of rotatable bonds is 6. The fraction of sp³-hybridized carbons (Fsp3) is 0.533. The Bertz CT molecular complexity index is 643. The number of carbonyl (C=O) groups is 1. The minimum Gasteiger partial charge on any atom is -0.383 e. The van der Waals surface area contributed by atoms with Crippen molar-refractivity contribution in [2.24, 2.45) is 0 Å². The number of sulfone groups is 1. The Labute approximate surface area is 130 Å². The Morgan fingerprint density at radius 1 is 1.38 bits per heavy atom. The van der Waals surface area contributed by atoms with Gasteiger partial charge in [0.1, 0.15) is 0 Å². The van der Waals surface area contributed by atoms with Crippen molar-refractivity contribution in [3.8, 4) is 0 Å². The zero-order valence-corrected chi connectivity index (χ0v) is 14.2. The Kier molecular flexibility index (Phi) is 4.68. The summed E-state index contributed by atoms with van der Waals surface area (Å²) in [5, 5.41) is 3.26. The molecular formula is C15H21NO3S2. The molecule has 1 aromatic rings. The molecule has 0 saturated heterocycles. The van der Waals surface area contributed by atoms with Crippen molar-refractivity contribution in [2.75, 3.05) is 24.4 Å². The van der Waals surface area contributed by atoms with Gasteiger partial charge in [-0.3, -0.25) is 4.79 Å². The molecule has 0 amide bonds. The molecule has 0 heterocycles. The predicted molar refractivity (Wildman–Crippen MR) is 88.1 cm³/mol. The highest BCUT2D eigenvalue weighted by Crippen LogP contribution is 2.43. The third kappa shape index (κ3) is 3.61. The first-order chi connectivity index (χ1) is 9.77. The summed E-state index contributed by atoms with van der Waals surface area (Å²) in [6.45, 7) is 2.20. The summed E-state index contributed by atoms with van der Waals surface area (Å²) >= 11 is 1.82. The van der Waals surface area contributed by atoms with Crippen molar-refractivity contribution >= 4 is 33.1 Å². The van der Waals surface area contributed by atoms with Crippen LogP contribution in [0.4, 0.5) is 5.69 Å². The highest BCUT2D eigenvalue weighted by atomic mass is 32.2. The topological polar surface area (TPSA) is 63.2 Å². The first-order valence-corrected chi connectivity index (χ1v) is 10.0. The van der Waals surface area contributed by atoms with Gasteiger partial charge in [-0.1, -0.05) is 6.42 Å². The third-order valence-electron chi connectivity index (χ3n) is 4.08. The van der Waals surface area contributed by atoms with E-state index < -0.39 is 9.84 Å². The summed E-state index contributed by atoms with van der Waals surface area (Å²) in [7, 11) is -3.32. The molecule has 0 aliphatic heterocycles. The van der Waals surface area contributed by atoms with Crippen molar-refractivity contribution in [2.45, 2.75) is 35.8 Å². The molecule has 0 aromatic heterocycles. The molecule has 2 rings (SSSR count).